The van der Waals surface area contributed by atoms with Crippen LogP contribution in [0.2, 0.25) is 0 Å². The lowest BCUT2D eigenvalue weighted by Crippen LogP contribution is -2.33. The van der Waals surface area contributed by atoms with E-state index >= 15 is 0 Å². The second-order valence-corrected chi connectivity index (χ2v) is 2.42. The summed E-state index contributed by atoms with van der Waals surface area (Å²) in [5, 5.41) is 0. The normalized spacial score (nSPS) is 19.8. The molecule has 0 amide bonds. The largest absolute Gasteiger partial charge is 0.272 e. The molecule has 0 aliphatic heterocycles. The Morgan fingerprint density at radius 2 is 1.08 bits per heavy atom. The van der Waals surface area contributed by atoms with E-state index in [0.717, 1.165) is 0 Å². The van der Waals surface area contributed by atoms with Crippen LogP contribution in [0.3, 0.4) is 0 Å². The molecule has 12 heavy (non-hydrogen) atoms. The Hall–Kier alpha value is -0.420. The maximum atomic E-state index is 12.4. The van der Waals surface area contributed by atoms with Gasteiger partial charge >= 0.3 is 0 Å². The highest BCUT2D eigenvalue weighted by Gasteiger charge is 2.37. The van der Waals surface area contributed by atoms with Crippen LogP contribution in [0.1, 0.15) is 6.92 Å². The van der Waals surface area contributed by atoms with Crippen molar-refractivity contribution in [3.05, 3.63) is 0 Å². The number of rotatable bonds is 4. The molecule has 0 nitrogen and oxygen atoms in total. The minimum Gasteiger partial charge on any atom is -0.244 e. The molecule has 0 spiro atoms. The van der Waals surface area contributed by atoms with Crippen LogP contribution < -0.4 is 0 Å². The summed E-state index contributed by atoms with van der Waals surface area (Å²) in [6, 6.07) is 0. The number of hydrogen-bond donors (Lipinski definition) is 0. The van der Waals surface area contributed by atoms with E-state index in [2.05, 4.69) is 0 Å². The predicted molar refractivity (Wildman–Crippen MR) is 31.0 cm³/mol. The van der Waals surface area contributed by atoms with Crippen molar-refractivity contribution in [2.45, 2.75) is 32.1 Å². The van der Waals surface area contributed by atoms with E-state index in [0.29, 0.717) is 6.92 Å². The third-order valence-corrected chi connectivity index (χ3v) is 1.44. The summed E-state index contributed by atoms with van der Waals surface area (Å²) < 4.78 is 70.6. The molecule has 0 radical (unpaired) electrons. The fourth-order valence-electron chi connectivity index (χ4n) is 0.568. The maximum Gasteiger partial charge on any atom is 0.272 e. The molecule has 0 aliphatic rings. The molecule has 0 aromatic rings. The summed E-state index contributed by atoms with van der Waals surface area (Å²) >= 11 is 0. The Kier molecular flexibility index (Phi) is 4.41. The third kappa shape index (κ3) is 2.91. The molecule has 6 heteroatoms. The smallest absolute Gasteiger partial charge is 0.244 e. The first kappa shape index (κ1) is 11.6. The van der Waals surface area contributed by atoms with Crippen molar-refractivity contribution in [3.63, 3.8) is 0 Å². The quantitative estimate of drug-likeness (QED) is 0.603. The van der Waals surface area contributed by atoms with Gasteiger partial charge in [-0.15, -0.1) is 0 Å². The molecule has 74 valence electrons. The fourth-order valence-corrected chi connectivity index (χ4v) is 0.568. The lowest BCUT2D eigenvalue weighted by atomic mass is 10.0. The van der Waals surface area contributed by atoms with Crippen molar-refractivity contribution in [2.75, 3.05) is 0 Å². The van der Waals surface area contributed by atoms with E-state index < -0.39 is 31.1 Å². The average Bonchev–Trinajstić information content (AvgIpc) is 2.00. The summed E-state index contributed by atoms with van der Waals surface area (Å²) in [6.07, 6.45) is -12.6. The first-order valence-electron chi connectivity index (χ1n) is 3.22. The van der Waals surface area contributed by atoms with Crippen LogP contribution in [-0.2, 0) is 0 Å². The number of halogens is 6. The van der Waals surface area contributed by atoms with Gasteiger partial charge < -0.3 is 0 Å². The lowest BCUT2D eigenvalue weighted by Gasteiger charge is -2.18. The van der Waals surface area contributed by atoms with Crippen LogP contribution in [0.4, 0.5) is 26.3 Å². The third-order valence-electron chi connectivity index (χ3n) is 1.44. The molecule has 0 N–H and O–H groups in total. The fraction of sp³-hybridized carbons (Fsp3) is 1.00. The molecule has 3 unspecified atom stereocenters. The Bertz CT molecular complexity index is 111. The summed E-state index contributed by atoms with van der Waals surface area (Å²) in [5.74, 6) is -2.01. The molecule has 3 atom stereocenters. The van der Waals surface area contributed by atoms with Crippen LogP contribution >= 0.6 is 0 Å². The van der Waals surface area contributed by atoms with E-state index in [4.69, 9.17) is 0 Å². The topological polar surface area (TPSA) is 0 Å². The first-order chi connectivity index (χ1) is 5.37. The van der Waals surface area contributed by atoms with Gasteiger partial charge in [-0.3, -0.25) is 0 Å². The Balaban J connectivity index is 4.08. The molecule has 0 aromatic carbocycles. The highest BCUT2D eigenvalue weighted by atomic mass is 19.3. The highest BCUT2D eigenvalue weighted by molar-refractivity contribution is 4.76. The molecule has 0 aromatic heterocycles. The summed E-state index contributed by atoms with van der Waals surface area (Å²) in [5.41, 5.74) is 0. The highest BCUT2D eigenvalue weighted by Crippen LogP contribution is 2.24. The molecule has 0 saturated carbocycles. The van der Waals surface area contributed by atoms with Crippen molar-refractivity contribution >= 4 is 0 Å². The average molecular weight is 194 g/mol. The van der Waals surface area contributed by atoms with Gasteiger partial charge in [-0.05, 0) is 0 Å². The molecule has 0 rings (SSSR count). The van der Waals surface area contributed by atoms with Gasteiger partial charge in [-0.2, -0.15) is 0 Å². The zero-order valence-corrected chi connectivity index (χ0v) is 6.15. The standard InChI is InChI=1S/C6H8F6/c1-2(5(9)10)3(7)4(8)6(11)12/h2-6H,1H3. The van der Waals surface area contributed by atoms with Crippen LogP contribution in [0, 0.1) is 5.92 Å². The molecule has 0 heterocycles. The molecular weight excluding hydrogens is 186 g/mol. The van der Waals surface area contributed by atoms with E-state index in [-0.39, 0.29) is 0 Å². The lowest BCUT2D eigenvalue weighted by molar-refractivity contribution is -0.0475. The van der Waals surface area contributed by atoms with E-state index in [1.165, 1.54) is 0 Å². The number of hydrogen-bond acceptors (Lipinski definition) is 0. The monoisotopic (exact) mass is 194 g/mol. The van der Waals surface area contributed by atoms with Crippen molar-refractivity contribution in [2.24, 2.45) is 5.92 Å². The Labute approximate surface area is 65.6 Å². The van der Waals surface area contributed by atoms with Gasteiger partial charge in [0.05, 0.1) is 5.92 Å². The van der Waals surface area contributed by atoms with E-state index in [9.17, 15) is 26.3 Å². The zero-order chi connectivity index (χ0) is 9.89. The van der Waals surface area contributed by atoms with E-state index in [1.807, 2.05) is 0 Å². The summed E-state index contributed by atoms with van der Waals surface area (Å²) in [7, 11) is 0. The SMILES string of the molecule is CC(C(F)F)C(F)C(F)C(F)F. The van der Waals surface area contributed by atoms with Crippen LogP contribution in [0.5, 0.6) is 0 Å². The maximum absolute atomic E-state index is 12.4. The van der Waals surface area contributed by atoms with Gasteiger partial charge in [-0.25, -0.2) is 26.3 Å². The van der Waals surface area contributed by atoms with Crippen molar-refractivity contribution in [1.29, 1.82) is 0 Å². The summed E-state index contributed by atoms with van der Waals surface area (Å²) in [6.45, 7) is 0.685. The summed E-state index contributed by atoms with van der Waals surface area (Å²) in [4.78, 5) is 0. The molecular formula is C6H8F6. The molecule has 0 aliphatic carbocycles. The zero-order valence-electron chi connectivity index (χ0n) is 6.15. The van der Waals surface area contributed by atoms with Crippen molar-refractivity contribution in [1.82, 2.24) is 0 Å². The second kappa shape index (κ2) is 4.57. The minimum atomic E-state index is -3.55. The van der Waals surface area contributed by atoms with Gasteiger partial charge in [0, 0.05) is 0 Å². The number of alkyl halides is 6. The van der Waals surface area contributed by atoms with Crippen LogP contribution in [0.15, 0.2) is 0 Å². The molecule has 0 saturated heterocycles. The van der Waals surface area contributed by atoms with E-state index in [1.54, 1.807) is 0 Å². The Morgan fingerprint density at radius 3 is 1.33 bits per heavy atom. The van der Waals surface area contributed by atoms with Gasteiger partial charge in [0.15, 0.2) is 6.17 Å². The van der Waals surface area contributed by atoms with Gasteiger partial charge in [-0.1, -0.05) is 6.92 Å². The van der Waals surface area contributed by atoms with Crippen LogP contribution in [0.25, 0.3) is 0 Å². The second-order valence-electron chi connectivity index (χ2n) is 2.42. The van der Waals surface area contributed by atoms with Gasteiger partial charge in [0.2, 0.25) is 6.43 Å². The first-order valence-corrected chi connectivity index (χ1v) is 3.22. The van der Waals surface area contributed by atoms with Crippen molar-refractivity contribution in [3.8, 4) is 0 Å². The minimum absolute atomic E-state index is 0.685. The molecule has 0 bridgehead atoms. The van der Waals surface area contributed by atoms with Gasteiger partial charge in [0.25, 0.3) is 6.43 Å². The van der Waals surface area contributed by atoms with Gasteiger partial charge in [0.1, 0.15) is 6.17 Å². The Morgan fingerprint density at radius 1 is 0.667 bits per heavy atom. The van der Waals surface area contributed by atoms with Crippen molar-refractivity contribution < 1.29 is 26.3 Å². The molecule has 0 fully saturated rings. The predicted octanol–water partition coefficient (Wildman–Crippen LogP) is 2.83. The van der Waals surface area contributed by atoms with Crippen LogP contribution in [-0.4, -0.2) is 25.2 Å².